The fraction of sp³-hybridized carbons (Fsp3) is 0.600. The van der Waals surface area contributed by atoms with E-state index in [9.17, 15) is 15.0 Å². The van der Waals surface area contributed by atoms with E-state index in [-0.39, 0.29) is 30.4 Å². The summed E-state index contributed by atoms with van der Waals surface area (Å²) in [5.41, 5.74) is -0.780. The van der Waals surface area contributed by atoms with Crippen LogP contribution in [0, 0.1) is 5.92 Å². The summed E-state index contributed by atoms with van der Waals surface area (Å²) in [4.78, 5) is 29.1. The van der Waals surface area contributed by atoms with Gasteiger partial charge in [0.15, 0.2) is 23.2 Å². The molecule has 0 radical (unpaired) electrons. The van der Waals surface area contributed by atoms with Crippen LogP contribution in [0.2, 0.25) is 0 Å². The number of aromatic amines is 1. The maximum Gasteiger partial charge on any atom is 0.280 e. The van der Waals surface area contributed by atoms with Gasteiger partial charge in [-0.25, -0.2) is 9.98 Å². The number of aliphatic hydroxyl groups excluding tert-OH is 1. The van der Waals surface area contributed by atoms with Crippen molar-refractivity contribution in [1.29, 1.82) is 0 Å². The van der Waals surface area contributed by atoms with Gasteiger partial charge in [-0.3, -0.25) is 14.3 Å². The Kier molecular flexibility index (Phi) is 2.98. The minimum atomic E-state index is -1.23. The third-order valence-electron chi connectivity index (χ3n) is 5.28. The minimum Gasteiger partial charge on any atom is -0.393 e. The molecule has 0 spiro atoms. The molecule has 3 aliphatic rings. The number of aliphatic hydroxyl groups is 2. The van der Waals surface area contributed by atoms with Gasteiger partial charge in [0.25, 0.3) is 5.56 Å². The van der Waals surface area contributed by atoms with E-state index in [1.165, 1.54) is 12.7 Å². The van der Waals surface area contributed by atoms with Crippen molar-refractivity contribution in [3.05, 3.63) is 16.7 Å². The van der Waals surface area contributed by atoms with Crippen LogP contribution in [0.1, 0.15) is 12.6 Å². The first-order valence-corrected chi connectivity index (χ1v) is 8.23. The fourth-order valence-corrected chi connectivity index (χ4v) is 4.21. The summed E-state index contributed by atoms with van der Waals surface area (Å²) in [6.07, 6.45) is 2.11. The second-order valence-electron chi connectivity index (χ2n) is 7.23. The van der Waals surface area contributed by atoms with Gasteiger partial charge in [-0.05, 0) is 0 Å². The third kappa shape index (κ3) is 1.85. The molecule has 26 heavy (non-hydrogen) atoms. The van der Waals surface area contributed by atoms with Crippen LogP contribution in [-0.2, 0) is 9.47 Å². The molecule has 11 nitrogen and oxygen atoms in total. The SMILES string of the molecule is CN(C)C=Nc1nc2c(ncn2[C@@H]2O[C@@]3(CO)CC4(O)OC2C43)c(=O)[nH]1. The highest BCUT2D eigenvalue weighted by atomic mass is 16.7. The molecule has 2 aromatic rings. The highest BCUT2D eigenvalue weighted by Crippen LogP contribution is 2.68. The molecule has 138 valence electrons. The van der Waals surface area contributed by atoms with Crippen molar-refractivity contribution in [2.45, 2.75) is 30.1 Å². The Morgan fingerprint density at radius 2 is 2.35 bits per heavy atom. The number of H-pyrrole nitrogens is 1. The van der Waals surface area contributed by atoms with Crippen LogP contribution in [0.15, 0.2) is 16.1 Å². The molecule has 3 unspecified atom stereocenters. The lowest BCUT2D eigenvalue weighted by Crippen LogP contribution is -2.77. The Bertz CT molecular complexity index is 985. The maximum absolute atomic E-state index is 12.3. The number of aliphatic imine (C=N–C) groups is 1. The number of rotatable bonds is 4. The zero-order valence-electron chi connectivity index (χ0n) is 14.2. The van der Waals surface area contributed by atoms with Crippen LogP contribution < -0.4 is 5.56 Å². The summed E-state index contributed by atoms with van der Waals surface area (Å²) >= 11 is 0. The van der Waals surface area contributed by atoms with E-state index in [1.807, 2.05) is 0 Å². The van der Waals surface area contributed by atoms with E-state index in [4.69, 9.17) is 9.47 Å². The predicted octanol–water partition coefficient (Wildman–Crippen LogP) is -1.29. The van der Waals surface area contributed by atoms with Crippen molar-refractivity contribution in [1.82, 2.24) is 24.4 Å². The Balaban J connectivity index is 1.57. The molecule has 5 rings (SSSR count). The molecule has 4 heterocycles. The molecule has 1 aliphatic carbocycles. The highest BCUT2D eigenvalue weighted by molar-refractivity contribution is 5.71. The molecular formula is C15H18N6O5. The summed E-state index contributed by atoms with van der Waals surface area (Å²) in [7, 11) is 3.60. The standard InChI is InChI=1S/C15H18N6O5/c1-20(2)5-17-13-18-10-7(11(23)19-13)16-6-21(10)12-8-9-14(4-22,26-12)3-15(9,24)25-8/h5-6,8-9,12,22,24H,3-4H2,1-2H3,(H,18,19,23)/t8?,9?,12-,14-,15?/m1/s1. The van der Waals surface area contributed by atoms with Crippen molar-refractivity contribution in [2.75, 3.05) is 20.7 Å². The lowest BCUT2D eigenvalue weighted by atomic mass is 9.59. The van der Waals surface area contributed by atoms with Crippen molar-refractivity contribution < 1.29 is 19.7 Å². The summed E-state index contributed by atoms with van der Waals surface area (Å²) in [5.74, 6) is -1.40. The molecule has 0 aromatic carbocycles. The van der Waals surface area contributed by atoms with Gasteiger partial charge in [0.1, 0.15) is 11.7 Å². The second-order valence-corrected chi connectivity index (χ2v) is 7.23. The number of nitrogens with zero attached hydrogens (tertiary/aromatic N) is 5. The third-order valence-corrected chi connectivity index (χ3v) is 5.28. The minimum absolute atomic E-state index is 0.141. The molecule has 0 amide bonds. The molecule has 5 atom stereocenters. The molecule has 2 saturated heterocycles. The number of aromatic nitrogens is 4. The Morgan fingerprint density at radius 3 is 3.00 bits per heavy atom. The van der Waals surface area contributed by atoms with Crippen LogP contribution in [0.3, 0.4) is 0 Å². The summed E-state index contributed by atoms with van der Waals surface area (Å²) in [5, 5.41) is 20.0. The van der Waals surface area contributed by atoms with Gasteiger partial charge in [0, 0.05) is 20.5 Å². The lowest BCUT2D eigenvalue weighted by molar-refractivity contribution is -0.434. The Hall–Kier alpha value is -2.34. The zero-order chi connectivity index (χ0) is 18.3. The highest BCUT2D eigenvalue weighted by Gasteiger charge is 2.81. The van der Waals surface area contributed by atoms with E-state index in [0.29, 0.717) is 5.65 Å². The average molecular weight is 362 g/mol. The van der Waals surface area contributed by atoms with Crippen LogP contribution in [0.25, 0.3) is 11.2 Å². The van der Waals surface area contributed by atoms with Gasteiger partial charge in [-0.1, -0.05) is 0 Å². The van der Waals surface area contributed by atoms with Crippen molar-refractivity contribution in [3.63, 3.8) is 0 Å². The summed E-state index contributed by atoms with van der Waals surface area (Å²) < 4.78 is 13.2. The molecular weight excluding hydrogens is 344 g/mol. The maximum atomic E-state index is 12.3. The topological polar surface area (TPSA) is 138 Å². The van der Waals surface area contributed by atoms with Crippen LogP contribution in [0.4, 0.5) is 5.95 Å². The van der Waals surface area contributed by atoms with Crippen molar-refractivity contribution in [3.8, 4) is 0 Å². The molecule has 3 fully saturated rings. The number of hydrogen-bond acceptors (Lipinski definition) is 8. The molecule has 2 aliphatic heterocycles. The molecule has 2 aromatic heterocycles. The van der Waals surface area contributed by atoms with Gasteiger partial charge in [-0.2, -0.15) is 4.98 Å². The largest absolute Gasteiger partial charge is 0.393 e. The molecule has 0 bridgehead atoms. The molecule has 11 heteroatoms. The smallest absolute Gasteiger partial charge is 0.280 e. The van der Waals surface area contributed by atoms with E-state index in [0.717, 1.165) is 0 Å². The van der Waals surface area contributed by atoms with Gasteiger partial charge in [0.05, 0.1) is 25.2 Å². The Labute approximate surface area is 146 Å². The van der Waals surface area contributed by atoms with Crippen molar-refractivity contribution in [2.24, 2.45) is 10.9 Å². The van der Waals surface area contributed by atoms with Crippen LogP contribution >= 0.6 is 0 Å². The predicted molar refractivity (Wildman–Crippen MR) is 87.9 cm³/mol. The normalized spacial score (nSPS) is 37.6. The van der Waals surface area contributed by atoms with Gasteiger partial charge >= 0.3 is 0 Å². The van der Waals surface area contributed by atoms with Gasteiger partial charge in [0.2, 0.25) is 5.95 Å². The van der Waals surface area contributed by atoms with E-state index in [1.54, 1.807) is 23.6 Å². The quantitative estimate of drug-likeness (QED) is 0.451. The second kappa shape index (κ2) is 4.88. The number of imidazole rings is 1. The van der Waals surface area contributed by atoms with Crippen molar-refractivity contribution >= 4 is 23.5 Å². The number of fused-ring (bicyclic) bond motifs is 1. The number of nitrogens with one attached hydrogen (secondary N) is 1. The first-order valence-electron chi connectivity index (χ1n) is 8.23. The van der Waals surface area contributed by atoms with Crippen LogP contribution in [-0.4, -0.2) is 79.2 Å². The first kappa shape index (κ1) is 15.9. The molecule has 1 saturated carbocycles. The lowest BCUT2D eigenvalue weighted by Gasteiger charge is -2.62. The number of ether oxygens (including phenoxy) is 2. The monoisotopic (exact) mass is 362 g/mol. The zero-order valence-corrected chi connectivity index (χ0v) is 14.2. The fourth-order valence-electron chi connectivity index (χ4n) is 4.21. The van der Waals surface area contributed by atoms with E-state index in [2.05, 4.69) is 19.9 Å². The average Bonchev–Trinajstić information content (AvgIpc) is 3.04. The van der Waals surface area contributed by atoms with Gasteiger partial charge in [-0.15, -0.1) is 0 Å². The van der Waals surface area contributed by atoms with Gasteiger partial charge < -0.3 is 24.6 Å². The first-order chi connectivity index (χ1) is 12.4. The van der Waals surface area contributed by atoms with E-state index < -0.39 is 29.3 Å². The number of hydrogen-bond donors (Lipinski definition) is 3. The Morgan fingerprint density at radius 1 is 1.54 bits per heavy atom. The van der Waals surface area contributed by atoms with Crippen LogP contribution in [0.5, 0.6) is 0 Å². The molecule has 3 N–H and O–H groups in total. The summed E-state index contributed by atoms with van der Waals surface area (Å²) in [6.45, 7) is -0.213. The van der Waals surface area contributed by atoms with E-state index >= 15 is 0 Å². The summed E-state index contributed by atoms with van der Waals surface area (Å²) in [6, 6.07) is 0.